The van der Waals surface area contributed by atoms with Crippen LogP contribution in [0.1, 0.15) is 19.8 Å². The number of aromatic hydroxyl groups is 1. The van der Waals surface area contributed by atoms with Gasteiger partial charge in [-0.3, -0.25) is 9.59 Å². The van der Waals surface area contributed by atoms with Crippen molar-refractivity contribution < 1.29 is 14.7 Å². The van der Waals surface area contributed by atoms with Gasteiger partial charge in [0.15, 0.2) is 0 Å². The fraction of sp³-hybridized carbons (Fsp3) is 0.261. The van der Waals surface area contributed by atoms with Crippen molar-refractivity contribution in [3.63, 3.8) is 0 Å². The molecule has 0 unspecified atom stereocenters. The van der Waals surface area contributed by atoms with Gasteiger partial charge >= 0.3 is 0 Å². The van der Waals surface area contributed by atoms with Crippen LogP contribution in [0, 0.1) is 0 Å². The van der Waals surface area contributed by atoms with E-state index in [9.17, 15) is 14.7 Å². The lowest BCUT2D eigenvalue weighted by Gasteiger charge is -2.28. The van der Waals surface area contributed by atoms with E-state index in [2.05, 4.69) is 36.2 Å². The lowest BCUT2D eigenvalue weighted by atomic mass is 10.2. The van der Waals surface area contributed by atoms with Gasteiger partial charge in [0.05, 0.1) is 10.9 Å². The van der Waals surface area contributed by atoms with Crippen molar-refractivity contribution in [2.75, 3.05) is 11.1 Å². The molecular weight excluding hydrogens is 502 g/mol. The van der Waals surface area contributed by atoms with Gasteiger partial charge in [0, 0.05) is 11.4 Å². The summed E-state index contributed by atoms with van der Waals surface area (Å²) in [5, 5.41) is 14.0. The van der Waals surface area contributed by atoms with Gasteiger partial charge in [0.1, 0.15) is 46.5 Å². The van der Waals surface area contributed by atoms with Crippen LogP contribution in [-0.4, -0.2) is 53.4 Å². The van der Waals surface area contributed by atoms with Crippen molar-refractivity contribution in [3.8, 4) is 5.75 Å². The van der Waals surface area contributed by atoms with Crippen LogP contribution in [0.15, 0.2) is 47.3 Å². The summed E-state index contributed by atoms with van der Waals surface area (Å²) in [5.74, 6) is 0.270. The van der Waals surface area contributed by atoms with Crippen molar-refractivity contribution in [1.29, 1.82) is 0 Å². The molecule has 2 atom stereocenters. The van der Waals surface area contributed by atoms with Crippen LogP contribution in [0.4, 0.5) is 11.6 Å². The Balaban J connectivity index is 1.47. The molecule has 5 rings (SSSR count). The highest BCUT2D eigenvalue weighted by Gasteiger charge is 2.39. The summed E-state index contributed by atoms with van der Waals surface area (Å²) in [6, 6.07) is 9.38. The molecule has 1 aliphatic heterocycles. The van der Waals surface area contributed by atoms with E-state index in [1.807, 2.05) is 6.92 Å². The van der Waals surface area contributed by atoms with Crippen molar-refractivity contribution in [3.05, 3.63) is 47.3 Å². The van der Waals surface area contributed by atoms with Crippen molar-refractivity contribution in [2.45, 2.75) is 38.4 Å². The quantitative estimate of drug-likeness (QED) is 0.349. The summed E-state index contributed by atoms with van der Waals surface area (Å²) in [6.45, 7) is 1.90. The van der Waals surface area contributed by atoms with E-state index in [1.54, 1.807) is 45.9 Å². The number of likely N-dealkylation sites (tertiary alicyclic amines) is 1. The maximum Gasteiger partial charge on any atom is 0.248 e. The van der Waals surface area contributed by atoms with E-state index < -0.39 is 6.04 Å². The van der Waals surface area contributed by atoms with Gasteiger partial charge in [-0.15, -0.1) is 0 Å². The van der Waals surface area contributed by atoms with Gasteiger partial charge in [0.2, 0.25) is 11.8 Å². The number of nitrogens with two attached hydrogens (primary N) is 1. The smallest absolute Gasteiger partial charge is 0.248 e. The predicted molar refractivity (Wildman–Crippen MR) is 131 cm³/mol. The van der Waals surface area contributed by atoms with E-state index in [1.165, 1.54) is 6.33 Å². The number of aromatic nitrogens is 4. The van der Waals surface area contributed by atoms with Crippen LogP contribution >= 0.6 is 15.9 Å². The second-order valence-corrected chi connectivity index (χ2v) is 9.14. The number of carbonyl (C=O) groups excluding carboxylic acids is 2. The molecule has 1 fully saturated rings. The number of benzene rings is 1. The van der Waals surface area contributed by atoms with Crippen LogP contribution < -0.4 is 11.1 Å². The van der Waals surface area contributed by atoms with Crippen LogP contribution in [0.3, 0.4) is 0 Å². The Morgan fingerprint density at radius 3 is 2.85 bits per heavy atom. The number of anilines is 2. The van der Waals surface area contributed by atoms with Crippen molar-refractivity contribution >= 4 is 61.3 Å². The highest BCUT2D eigenvalue weighted by Crippen LogP contribution is 2.33. The minimum absolute atomic E-state index is 0.0372. The molecule has 10 nitrogen and oxygen atoms in total. The summed E-state index contributed by atoms with van der Waals surface area (Å²) in [4.78, 5) is 40.9. The normalized spacial score (nSPS) is 18.0. The zero-order chi connectivity index (χ0) is 24.0. The number of nitrogens with zero attached hydrogens (tertiary/aromatic N) is 5. The molecule has 0 bridgehead atoms. The third kappa shape index (κ3) is 3.81. The number of pyridine rings is 1. The van der Waals surface area contributed by atoms with Crippen molar-refractivity contribution in [1.82, 2.24) is 24.4 Å². The minimum atomic E-state index is -0.611. The van der Waals surface area contributed by atoms with Gasteiger partial charge in [-0.25, -0.2) is 15.0 Å². The number of nitrogens with one attached hydrogen (secondary N) is 1. The van der Waals surface area contributed by atoms with Gasteiger partial charge in [-0.05, 0) is 66.0 Å². The van der Waals surface area contributed by atoms with Crippen LogP contribution in [-0.2, 0) is 16.1 Å². The Hall–Kier alpha value is -3.73. The number of fused-ring (bicyclic) bond motifs is 3. The maximum atomic E-state index is 13.6. The molecule has 0 saturated carbocycles. The third-order valence-electron chi connectivity index (χ3n) is 6.17. The first-order valence-corrected chi connectivity index (χ1v) is 11.6. The number of hydrogen-bond donors (Lipinski definition) is 3. The zero-order valence-electron chi connectivity index (χ0n) is 18.3. The monoisotopic (exact) mass is 523 g/mol. The number of rotatable bonds is 4. The molecule has 2 amide bonds. The van der Waals surface area contributed by atoms with Crippen LogP contribution in [0.2, 0.25) is 0 Å². The highest BCUT2D eigenvalue weighted by molar-refractivity contribution is 9.10. The zero-order valence-corrected chi connectivity index (χ0v) is 19.9. The fourth-order valence-electron chi connectivity index (χ4n) is 4.65. The molecule has 0 spiro atoms. The molecule has 1 aliphatic rings. The topological polar surface area (TPSA) is 139 Å². The summed E-state index contributed by atoms with van der Waals surface area (Å²) >= 11 is 3.30. The van der Waals surface area contributed by atoms with Crippen LogP contribution in [0.5, 0.6) is 5.75 Å². The molecule has 11 heteroatoms. The summed E-state index contributed by atoms with van der Waals surface area (Å²) in [6.07, 6.45) is 2.62. The Kier molecular flexibility index (Phi) is 5.56. The molecule has 34 heavy (non-hydrogen) atoms. The number of amides is 2. The lowest BCUT2D eigenvalue weighted by molar-refractivity contribution is -0.138. The van der Waals surface area contributed by atoms with E-state index >= 15 is 0 Å². The standard InChI is InChI=1S/C23H22BrN7O3/c1-12-5-7-16(23(34)29-18-4-2-3-17(24)28-18)31(12)19(33)10-30-15-8-6-13(32)9-14(15)20-21(25)26-11-27-22(20)30/h2-4,6,8-9,11-12,16,32H,5,7,10H2,1H3,(H2,25,26,27)(H,28,29,34)/t12-,16+/m1/s1. The van der Waals surface area contributed by atoms with E-state index in [4.69, 9.17) is 5.73 Å². The molecule has 174 valence electrons. The lowest BCUT2D eigenvalue weighted by Crippen LogP contribution is -2.47. The van der Waals surface area contributed by atoms with E-state index in [-0.39, 0.29) is 36.0 Å². The number of phenols is 1. The number of phenolic OH excluding ortho intramolecular Hbond substituents is 1. The Morgan fingerprint density at radius 2 is 2.06 bits per heavy atom. The summed E-state index contributed by atoms with van der Waals surface area (Å²) in [7, 11) is 0. The minimum Gasteiger partial charge on any atom is -0.508 e. The first-order valence-electron chi connectivity index (χ1n) is 10.8. The fourth-order valence-corrected chi connectivity index (χ4v) is 5.00. The second kappa shape index (κ2) is 8.56. The number of hydrogen-bond acceptors (Lipinski definition) is 7. The molecule has 0 aliphatic carbocycles. The highest BCUT2D eigenvalue weighted by atomic mass is 79.9. The first-order chi connectivity index (χ1) is 16.3. The molecule has 4 aromatic rings. The van der Waals surface area contributed by atoms with Gasteiger partial charge in [-0.2, -0.15) is 0 Å². The van der Waals surface area contributed by atoms with Gasteiger partial charge in [-0.1, -0.05) is 6.07 Å². The number of carbonyl (C=O) groups is 2. The Labute approximate surface area is 202 Å². The molecule has 4 heterocycles. The SMILES string of the molecule is C[C@@H]1CC[C@@H](C(=O)Nc2cccc(Br)n2)N1C(=O)Cn1c2ccc(O)cc2c2c(N)ncnc21. The average Bonchev–Trinajstić information content (AvgIpc) is 3.32. The molecule has 1 saturated heterocycles. The van der Waals surface area contributed by atoms with Crippen molar-refractivity contribution in [2.24, 2.45) is 0 Å². The summed E-state index contributed by atoms with van der Waals surface area (Å²) in [5.41, 5.74) is 7.29. The molecule has 1 aromatic carbocycles. The van der Waals surface area contributed by atoms with Gasteiger partial charge < -0.3 is 25.6 Å². The molecule has 4 N–H and O–H groups in total. The Bertz CT molecular complexity index is 1440. The number of halogens is 1. The van der Waals surface area contributed by atoms with Crippen LogP contribution in [0.25, 0.3) is 21.9 Å². The first kappa shape index (κ1) is 22.1. The largest absolute Gasteiger partial charge is 0.508 e. The third-order valence-corrected chi connectivity index (χ3v) is 6.61. The number of nitrogen functional groups attached to an aromatic ring is 1. The molecule has 3 aromatic heterocycles. The van der Waals surface area contributed by atoms with Gasteiger partial charge in [0.25, 0.3) is 0 Å². The second-order valence-electron chi connectivity index (χ2n) is 8.32. The Morgan fingerprint density at radius 1 is 1.24 bits per heavy atom. The van der Waals surface area contributed by atoms with E-state index in [0.29, 0.717) is 45.2 Å². The molecular formula is C23H22BrN7O3. The average molecular weight is 524 g/mol. The predicted octanol–water partition coefficient (Wildman–Crippen LogP) is 3.05. The molecule has 0 radical (unpaired) electrons. The van der Waals surface area contributed by atoms with E-state index in [0.717, 1.165) is 0 Å². The summed E-state index contributed by atoms with van der Waals surface area (Å²) < 4.78 is 2.36. The maximum absolute atomic E-state index is 13.6.